The van der Waals surface area contributed by atoms with E-state index in [2.05, 4.69) is 52.8 Å². The van der Waals surface area contributed by atoms with Crippen molar-refractivity contribution in [3.63, 3.8) is 0 Å². The number of nitrogens with zero attached hydrogens (tertiary/aromatic N) is 1. The molecule has 134 valence electrons. The SMILES string of the molecule is Cc1cc(Nc2ccc(OCC3CCCCC3)cc2)c2ccccc2n1. The zero-order chi connectivity index (χ0) is 17.8. The summed E-state index contributed by atoms with van der Waals surface area (Å²) in [6.45, 7) is 2.88. The number of aromatic nitrogens is 1. The molecular weight excluding hydrogens is 320 g/mol. The first kappa shape index (κ1) is 16.9. The highest BCUT2D eigenvalue weighted by atomic mass is 16.5. The number of nitrogens with one attached hydrogen (secondary N) is 1. The van der Waals surface area contributed by atoms with Gasteiger partial charge in [-0.1, -0.05) is 37.5 Å². The summed E-state index contributed by atoms with van der Waals surface area (Å²) in [7, 11) is 0. The summed E-state index contributed by atoms with van der Waals surface area (Å²) in [5, 5.41) is 4.66. The van der Waals surface area contributed by atoms with E-state index in [-0.39, 0.29) is 0 Å². The van der Waals surface area contributed by atoms with Crippen LogP contribution in [0.5, 0.6) is 5.75 Å². The van der Waals surface area contributed by atoms with E-state index < -0.39 is 0 Å². The monoisotopic (exact) mass is 346 g/mol. The highest BCUT2D eigenvalue weighted by Crippen LogP contribution is 2.28. The Morgan fingerprint density at radius 1 is 1.00 bits per heavy atom. The maximum Gasteiger partial charge on any atom is 0.119 e. The molecule has 0 atom stereocenters. The molecular formula is C23H26N2O. The molecule has 1 aliphatic rings. The van der Waals surface area contributed by atoms with E-state index in [1.165, 1.54) is 32.1 Å². The average Bonchev–Trinajstić information content (AvgIpc) is 2.68. The van der Waals surface area contributed by atoms with E-state index in [0.29, 0.717) is 0 Å². The summed E-state index contributed by atoms with van der Waals surface area (Å²) in [5.74, 6) is 1.68. The molecule has 1 N–H and O–H groups in total. The summed E-state index contributed by atoms with van der Waals surface area (Å²) in [6, 6.07) is 18.6. The number of aryl methyl sites for hydroxylation is 1. The molecule has 0 unspecified atom stereocenters. The van der Waals surface area contributed by atoms with Crippen molar-refractivity contribution in [2.75, 3.05) is 11.9 Å². The largest absolute Gasteiger partial charge is 0.493 e. The Balaban J connectivity index is 1.44. The number of rotatable bonds is 5. The van der Waals surface area contributed by atoms with Crippen molar-refractivity contribution in [2.24, 2.45) is 5.92 Å². The molecule has 0 bridgehead atoms. The quantitative estimate of drug-likeness (QED) is 0.593. The molecule has 1 aromatic heterocycles. The molecule has 0 saturated heterocycles. The molecule has 2 aromatic carbocycles. The smallest absolute Gasteiger partial charge is 0.119 e. The van der Waals surface area contributed by atoms with Gasteiger partial charge < -0.3 is 10.1 Å². The van der Waals surface area contributed by atoms with Gasteiger partial charge in [0.15, 0.2) is 0 Å². The van der Waals surface area contributed by atoms with Crippen LogP contribution in [0.1, 0.15) is 37.8 Å². The van der Waals surface area contributed by atoms with Crippen LogP contribution in [0.4, 0.5) is 11.4 Å². The van der Waals surface area contributed by atoms with Gasteiger partial charge in [-0.25, -0.2) is 0 Å². The van der Waals surface area contributed by atoms with Gasteiger partial charge in [-0.05, 0) is 62.1 Å². The molecule has 3 heteroatoms. The normalized spacial score (nSPS) is 15.1. The van der Waals surface area contributed by atoms with Gasteiger partial charge in [0.2, 0.25) is 0 Å². The molecule has 0 spiro atoms. The summed E-state index contributed by atoms with van der Waals surface area (Å²) in [6.07, 6.45) is 6.73. The molecule has 1 heterocycles. The molecule has 1 aliphatic carbocycles. The van der Waals surface area contributed by atoms with Crippen molar-refractivity contribution in [2.45, 2.75) is 39.0 Å². The summed E-state index contributed by atoms with van der Waals surface area (Å²) < 4.78 is 6.00. The number of anilines is 2. The lowest BCUT2D eigenvalue weighted by Gasteiger charge is -2.21. The lowest BCUT2D eigenvalue weighted by Crippen LogP contribution is -2.15. The first-order valence-corrected chi connectivity index (χ1v) is 9.64. The zero-order valence-corrected chi connectivity index (χ0v) is 15.4. The second kappa shape index (κ2) is 7.77. The Kier molecular flexibility index (Phi) is 5.05. The standard InChI is InChI=1S/C23H26N2O/c1-17-15-23(21-9-5-6-10-22(21)24-17)25-19-11-13-20(14-12-19)26-16-18-7-3-2-4-8-18/h5-6,9-15,18H,2-4,7-8,16H2,1H3,(H,24,25). The minimum atomic E-state index is 0.729. The Morgan fingerprint density at radius 2 is 1.77 bits per heavy atom. The van der Waals surface area contributed by atoms with Gasteiger partial charge in [0.05, 0.1) is 12.1 Å². The maximum absolute atomic E-state index is 6.00. The minimum Gasteiger partial charge on any atom is -0.493 e. The Morgan fingerprint density at radius 3 is 2.58 bits per heavy atom. The summed E-state index contributed by atoms with van der Waals surface area (Å²) in [5.41, 5.74) is 4.18. The second-order valence-electron chi connectivity index (χ2n) is 7.29. The van der Waals surface area contributed by atoms with Gasteiger partial charge in [0.25, 0.3) is 0 Å². The number of hydrogen-bond donors (Lipinski definition) is 1. The molecule has 3 aromatic rings. The van der Waals surface area contributed by atoms with Crippen molar-refractivity contribution in [1.29, 1.82) is 0 Å². The van der Waals surface area contributed by atoms with E-state index >= 15 is 0 Å². The highest BCUT2D eigenvalue weighted by Gasteiger charge is 2.13. The van der Waals surface area contributed by atoms with Crippen molar-refractivity contribution in [3.05, 3.63) is 60.3 Å². The third-order valence-corrected chi connectivity index (χ3v) is 5.19. The van der Waals surface area contributed by atoms with Crippen LogP contribution in [0.2, 0.25) is 0 Å². The van der Waals surface area contributed by atoms with Gasteiger partial charge in [0, 0.05) is 22.5 Å². The van der Waals surface area contributed by atoms with Gasteiger partial charge in [-0.15, -0.1) is 0 Å². The predicted molar refractivity (Wildman–Crippen MR) is 108 cm³/mol. The average molecular weight is 346 g/mol. The number of pyridine rings is 1. The van der Waals surface area contributed by atoms with Crippen molar-refractivity contribution in [3.8, 4) is 5.75 Å². The van der Waals surface area contributed by atoms with Gasteiger partial charge in [0.1, 0.15) is 5.75 Å². The van der Waals surface area contributed by atoms with Crippen LogP contribution < -0.4 is 10.1 Å². The topological polar surface area (TPSA) is 34.1 Å². The fraction of sp³-hybridized carbons (Fsp3) is 0.348. The van der Waals surface area contributed by atoms with E-state index in [0.717, 1.165) is 46.2 Å². The maximum atomic E-state index is 6.00. The molecule has 1 saturated carbocycles. The number of fused-ring (bicyclic) bond motifs is 1. The van der Waals surface area contributed by atoms with Crippen LogP contribution in [-0.4, -0.2) is 11.6 Å². The predicted octanol–water partition coefficient (Wildman–Crippen LogP) is 6.25. The molecule has 1 fully saturated rings. The van der Waals surface area contributed by atoms with Gasteiger partial charge in [-0.3, -0.25) is 4.98 Å². The third-order valence-electron chi connectivity index (χ3n) is 5.19. The first-order chi connectivity index (χ1) is 12.8. The summed E-state index contributed by atoms with van der Waals surface area (Å²) in [4.78, 5) is 4.60. The van der Waals surface area contributed by atoms with Gasteiger partial charge in [-0.2, -0.15) is 0 Å². The first-order valence-electron chi connectivity index (χ1n) is 9.64. The van der Waals surface area contributed by atoms with Crippen LogP contribution >= 0.6 is 0 Å². The number of ether oxygens (including phenoxy) is 1. The summed E-state index contributed by atoms with van der Waals surface area (Å²) >= 11 is 0. The second-order valence-corrected chi connectivity index (χ2v) is 7.29. The fourth-order valence-corrected chi connectivity index (χ4v) is 3.77. The van der Waals surface area contributed by atoms with Crippen molar-refractivity contribution >= 4 is 22.3 Å². The van der Waals surface area contributed by atoms with Crippen molar-refractivity contribution in [1.82, 2.24) is 4.98 Å². The molecule has 0 radical (unpaired) electrons. The van der Waals surface area contributed by atoms with E-state index in [9.17, 15) is 0 Å². The van der Waals surface area contributed by atoms with Crippen LogP contribution in [0.15, 0.2) is 54.6 Å². The Labute approximate surface area is 155 Å². The number of hydrogen-bond acceptors (Lipinski definition) is 3. The van der Waals surface area contributed by atoms with Crippen molar-refractivity contribution < 1.29 is 4.74 Å². The van der Waals surface area contributed by atoms with Crippen LogP contribution in [0.25, 0.3) is 10.9 Å². The molecule has 0 aliphatic heterocycles. The number of benzene rings is 2. The van der Waals surface area contributed by atoms with Crippen LogP contribution in [-0.2, 0) is 0 Å². The number of para-hydroxylation sites is 1. The highest BCUT2D eigenvalue weighted by molar-refractivity contribution is 5.93. The molecule has 4 rings (SSSR count). The van der Waals surface area contributed by atoms with Crippen LogP contribution in [0.3, 0.4) is 0 Å². The molecule has 26 heavy (non-hydrogen) atoms. The van der Waals surface area contributed by atoms with E-state index in [4.69, 9.17) is 4.74 Å². The Hall–Kier alpha value is -2.55. The lowest BCUT2D eigenvalue weighted by molar-refractivity contribution is 0.209. The lowest BCUT2D eigenvalue weighted by atomic mass is 9.90. The minimum absolute atomic E-state index is 0.729. The fourth-order valence-electron chi connectivity index (χ4n) is 3.77. The molecule has 3 nitrogen and oxygen atoms in total. The zero-order valence-electron chi connectivity index (χ0n) is 15.4. The van der Waals surface area contributed by atoms with E-state index in [1.54, 1.807) is 0 Å². The van der Waals surface area contributed by atoms with E-state index in [1.807, 2.05) is 19.1 Å². The molecule has 0 amide bonds. The third kappa shape index (κ3) is 3.98. The van der Waals surface area contributed by atoms with Crippen LogP contribution in [0, 0.1) is 12.8 Å². The Bertz CT molecular complexity index is 867. The van der Waals surface area contributed by atoms with Gasteiger partial charge >= 0.3 is 0 Å².